The third-order valence-corrected chi connectivity index (χ3v) is 1.58. The molecule has 0 heterocycles. The molecule has 0 rings (SSSR count). The van der Waals surface area contributed by atoms with Gasteiger partial charge in [-0.25, -0.2) is 0 Å². The third-order valence-electron chi connectivity index (χ3n) is 0.797. The lowest BCUT2D eigenvalue weighted by Gasteiger charge is -1.91. The van der Waals surface area contributed by atoms with Crippen LogP contribution in [0.2, 0.25) is 0 Å². The van der Waals surface area contributed by atoms with Gasteiger partial charge in [-0.1, -0.05) is 36.5 Å². The van der Waals surface area contributed by atoms with Gasteiger partial charge in [-0.3, -0.25) is 4.79 Å². The summed E-state index contributed by atoms with van der Waals surface area (Å²) >= 11 is 10.8. The van der Waals surface area contributed by atoms with E-state index in [1.165, 1.54) is 6.29 Å². The molecule has 0 fully saturated rings. The summed E-state index contributed by atoms with van der Waals surface area (Å²) < 4.78 is 0. The van der Waals surface area contributed by atoms with E-state index in [0.717, 1.165) is 6.42 Å². The molecular formula is C6H7Cl2O. The summed E-state index contributed by atoms with van der Waals surface area (Å²) in [5, 5.41) is 0.396. The van der Waals surface area contributed by atoms with Gasteiger partial charge in [-0.05, 0) is 6.42 Å². The van der Waals surface area contributed by atoms with Gasteiger partial charge in [0.25, 0.3) is 0 Å². The van der Waals surface area contributed by atoms with Crippen LogP contribution in [-0.4, -0.2) is 6.29 Å². The summed E-state index contributed by atoms with van der Waals surface area (Å²) in [5.74, 6) is 0. The van der Waals surface area contributed by atoms with Crippen LogP contribution in [0.4, 0.5) is 0 Å². The second kappa shape index (κ2) is 4.83. The molecular weight excluding hydrogens is 159 g/mol. The topological polar surface area (TPSA) is 17.1 Å². The molecule has 9 heavy (non-hydrogen) atoms. The minimum Gasteiger partial charge on any atom is -0.284 e. The third kappa shape index (κ3) is 3.55. The number of carbonyl (C=O) groups excluding carboxylic acids is 1. The quantitative estimate of drug-likeness (QED) is 0.589. The summed E-state index contributed by atoms with van der Waals surface area (Å²) in [4.78, 5) is 9.82. The molecule has 0 saturated carbocycles. The fourth-order valence-corrected chi connectivity index (χ4v) is 0.707. The van der Waals surface area contributed by atoms with Crippen molar-refractivity contribution in [2.24, 2.45) is 0 Å². The zero-order valence-electron chi connectivity index (χ0n) is 5.08. The first-order valence-corrected chi connectivity index (χ1v) is 3.40. The molecule has 0 amide bonds. The van der Waals surface area contributed by atoms with Crippen molar-refractivity contribution < 1.29 is 4.79 Å². The maximum absolute atomic E-state index is 9.82. The Bertz CT molecular complexity index is 129. The predicted octanol–water partition coefficient (Wildman–Crippen LogP) is 2.59. The zero-order chi connectivity index (χ0) is 7.28. The smallest absolute Gasteiger partial charge is 0.247 e. The number of allylic oxidation sites excluding steroid dienone is 2. The SMILES string of the molecule is CCC/C(Cl)=C(\Cl)[C]=O. The molecule has 0 aliphatic rings. The van der Waals surface area contributed by atoms with Gasteiger partial charge < -0.3 is 0 Å². The molecule has 1 nitrogen and oxygen atoms in total. The van der Waals surface area contributed by atoms with Crippen molar-refractivity contribution >= 4 is 29.5 Å². The highest BCUT2D eigenvalue weighted by atomic mass is 35.5. The average Bonchev–Trinajstić information content (AvgIpc) is 1.87. The van der Waals surface area contributed by atoms with Crippen LogP contribution in [0.15, 0.2) is 10.1 Å². The van der Waals surface area contributed by atoms with Crippen molar-refractivity contribution in [3.63, 3.8) is 0 Å². The molecule has 0 aromatic rings. The van der Waals surface area contributed by atoms with Gasteiger partial charge in [0.05, 0.1) is 0 Å². The highest BCUT2D eigenvalue weighted by Gasteiger charge is 1.98. The van der Waals surface area contributed by atoms with Crippen molar-refractivity contribution in [3.05, 3.63) is 10.1 Å². The molecule has 51 valence electrons. The first-order valence-electron chi connectivity index (χ1n) is 2.64. The van der Waals surface area contributed by atoms with E-state index in [1.807, 2.05) is 6.92 Å². The maximum atomic E-state index is 9.82. The van der Waals surface area contributed by atoms with Crippen molar-refractivity contribution in [1.82, 2.24) is 0 Å². The van der Waals surface area contributed by atoms with E-state index in [1.54, 1.807) is 0 Å². The van der Waals surface area contributed by atoms with Crippen molar-refractivity contribution in [3.8, 4) is 0 Å². The van der Waals surface area contributed by atoms with Gasteiger partial charge in [-0.15, -0.1) is 0 Å². The van der Waals surface area contributed by atoms with E-state index in [9.17, 15) is 4.79 Å². The minimum absolute atomic E-state index is 0.00137. The minimum atomic E-state index is -0.00137. The van der Waals surface area contributed by atoms with Crippen LogP contribution in [0, 0.1) is 0 Å². The second-order valence-corrected chi connectivity index (χ2v) is 2.41. The molecule has 3 heteroatoms. The van der Waals surface area contributed by atoms with Gasteiger partial charge >= 0.3 is 0 Å². The molecule has 0 atom stereocenters. The average molecular weight is 166 g/mol. The van der Waals surface area contributed by atoms with Crippen molar-refractivity contribution in [1.29, 1.82) is 0 Å². The van der Waals surface area contributed by atoms with Gasteiger partial charge in [0.2, 0.25) is 6.29 Å². The molecule has 0 spiro atoms. The molecule has 0 saturated heterocycles. The lowest BCUT2D eigenvalue weighted by atomic mass is 10.3. The lowest BCUT2D eigenvalue weighted by molar-refractivity contribution is 0.563. The van der Waals surface area contributed by atoms with Crippen LogP contribution in [0.25, 0.3) is 0 Å². The van der Waals surface area contributed by atoms with E-state index >= 15 is 0 Å². The van der Waals surface area contributed by atoms with Crippen LogP contribution >= 0.6 is 23.2 Å². The lowest BCUT2D eigenvalue weighted by Crippen LogP contribution is -1.78. The summed E-state index contributed by atoms with van der Waals surface area (Å²) in [6.45, 7) is 1.96. The van der Waals surface area contributed by atoms with Crippen LogP contribution in [0.5, 0.6) is 0 Å². The summed E-state index contributed by atoms with van der Waals surface area (Å²) in [6, 6.07) is 0. The van der Waals surface area contributed by atoms with Crippen LogP contribution in [0.1, 0.15) is 19.8 Å². The normalized spacial score (nSPS) is 12.8. The van der Waals surface area contributed by atoms with Crippen molar-refractivity contribution in [2.45, 2.75) is 19.8 Å². The monoisotopic (exact) mass is 165 g/mol. The molecule has 0 unspecified atom stereocenters. The van der Waals surface area contributed by atoms with Gasteiger partial charge in [0, 0.05) is 5.03 Å². The van der Waals surface area contributed by atoms with Crippen LogP contribution < -0.4 is 0 Å². The van der Waals surface area contributed by atoms with Gasteiger partial charge in [-0.2, -0.15) is 0 Å². The standard InChI is InChI=1S/C6H7Cl2O/c1-2-3-5(7)6(8)4-9/h2-3H2,1H3/b6-5+. The van der Waals surface area contributed by atoms with E-state index in [-0.39, 0.29) is 5.03 Å². The zero-order valence-corrected chi connectivity index (χ0v) is 6.59. The van der Waals surface area contributed by atoms with Gasteiger partial charge in [0.15, 0.2) is 0 Å². The van der Waals surface area contributed by atoms with E-state index in [4.69, 9.17) is 23.2 Å². The Kier molecular flexibility index (Phi) is 4.83. The molecule has 0 aliphatic heterocycles. The fourth-order valence-electron chi connectivity index (χ4n) is 0.385. The molecule has 0 aromatic heterocycles. The van der Waals surface area contributed by atoms with E-state index in [2.05, 4.69) is 0 Å². The summed E-state index contributed by atoms with van der Waals surface area (Å²) in [5.41, 5.74) is 0. The molecule has 0 aromatic carbocycles. The Balaban J connectivity index is 3.93. The summed E-state index contributed by atoms with van der Waals surface area (Å²) in [6.07, 6.45) is 3.05. The van der Waals surface area contributed by atoms with E-state index < -0.39 is 0 Å². The number of rotatable bonds is 3. The Morgan fingerprint density at radius 1 is 1.56 bits per heavy atom. The molecule has 1 radical (unpaired) electrons. The number of halogens is 2. The van der Waals surface area contributed by atoms with Gasteiger partial charge in [0.1, 0.15) is 5.03 Å². The second-order valence-electron chi connectivity index (χ2n) is 1.57. The Hall–Kier alpha value is -0.0100. The Morgan fingerprint density at radius 2 is 2.11 bits per heavy atom. The highest BCUT2D eigenvalue weighted by Crippen LogP contribution is 2.16. The van der Waals surface area contributed by atoms with Crippen LogP contribution in [0.3, 0.4) is 0 Å². The number of hydrogen-bond donors (Lipinski definition) is 0. The number of hydrogen-bond acceptors (Lipinski definition) is 1. The molecule has 0 N–H and O–H groups in total. The predicted molar refractivity (Wildman–Crippen MR) is 39.3 cm³/mol. The molecule has 0 bridgehead atoms. The molecule has 0 aliphatic carbocycles. The Morgan fingerprint density at radius 3 is 2.44 bits per heavy atom. The largest absolute Gasteiger partial charge is 0.284 e. The Labute approximate surface area is 64.6 Å². The summed E-state index contributed by atoms with van der Waals surface area (Å²) in [7, 11) is 0. The van der Waals surface area contributed by atoms with Crippen LogP contribution in [-0.2, 0) is 4.79 Å². The van der Waals surface area contributed by atoms with E-state index in [0.29, 0.717) is 11.5 Å². The van der Waals surface area contributed by atoms with Crippen molar-refractivity contribution in [2.75, 3.05) is 0 Å². The maximum Gasteiger partial charge on any atom is 0.247 e. The highest BCUT2D eigenvalue weighted by molar-refractivity contribution is 6.45. The first kappa shape index (κ1) is 8.99. The fraction of sp³-hybridized carbons (Fsp3) is 0.500. The first-order chi connectivity index (χ1) is 4.22.